The van der Waals surface area contributed by atoms with Gasteiger partial charge in [0.2, 0.25) is 5.91 Å². The summed E-state index contributed by atoms with van der Waals surface area (Å²) in [6.45, 7) is 5.18. The van der Waals surface area contributed by atoms with Crippen molar-refractivity contribution in [2.45, 2.75) is 19.5 Å². The number of hydrogen-bond acceptors (Lipinski definition) is 8. The number of aromatic nitrogens is 2. The van der Waals surface area contributed by atoms with E-state index in [4.69, 9.17) is 0 Å². The second kappa shape index (κ2) is 8.92. The van der Waals surface area contributed by atoms with Crippen LogP contribution in [0, 0.1) is 10.1 Å². The van der Waals surface area contributed by atoms with E-state index in [-0.39, 0.29) is 22.8 Å². The third kappa shape index (κ3) is 4.63. The number of rotatable bonds is 6. The van der Waals surface area contributed by atoms with E-state index in [0.717, 1.165) is 18.8 Å². The molecule has 4 rings (SSSR count). The number of thiazole rings is 1. The summed E-state index contributed by atoms with van der Waals surface area (Å²) in [4.78, 5) is 44.9. The van der Waals surface area contributed by atoms with Gasteiger partial charge in [0.05, 0.1) is 16.7 Å². The second-order valence-corrected chi connectivity index (χ2v) is 8.27. The van der Waals surface area contributed by atoms with Crippen LogP contribution in [0.15, 0.2) is 46.7 Å². The maximum atomic E-state index is 12.7. The molecule has 0 saturated carbocycles. The molecule has 10 nitrogen and oxygen atoms in total. The third-order valence-corrected chi connectivity index (χ3v) is 6.19. The number of fused-ring (bicyclic) bond motifs is 1. The van der Waals surface area contributed by atoms with Gasteiger partial charge in [-0.25, -0.2) is 4.98 Å². The lowest BCUT2D eigenvalue weighted by Gasteiger charge is -2.37. The number of nitro benzene ring substituents is 1. The van der Waals surface area contributed by atoms with Crippen molar-refractivity contribution in [1.82, 2.24) is 19.2 Å². The van der Waals surface area contributed by atoms with Crippen molar-refractivity contribution < 1.29 is 9.72 Å². The standard InChI is InChI=1S/C20H22N6O4S/c1-14(19(28)22-16-4-2-3-5-17(16)26(29)30)24-8-6-23(7-9-24)13-15-12-18(27)25-10-11-31-20(25)21-15/h2-5,10-12,14H,6-9,13H2,1H3,(H,22,28). The van der Waals surface area contributed by atoms with Gasteiger partial charge in [0.15, 0.2) is 4.96 Å². The van der Waals surface area contributed by atoms with E-state index in [1.54, 1.807) is 31.3 Å². The van der Waals surface area contributed by atoms with Crippen LogP contribution in [0.25, 0.3) is 4.96 Å². The van der Waals surface area contributed by atoms with Crippen molar-refractivity contribution in [3.05, 3.63) is 68.1 Å². The Bertz CT molecular complexity index is 1170. The van der Waals surface area contributed by atoms with E-state index in [1.807, 2.05) is 10.3 Å². The predicted molar refractivity (Wildman–Crippen MR) is 117 cm³/mol. The van der Waals surface area contributed by atoms with Gasteiger partial charge in [-0.15, -0.1) is 11.3 Å². The molecule has 1 saturated heterocycles. The Labute approximate surface area is 181 Å². The first kappa shape index (κ1) is 21.1. The van der Waals surface area contributed by atoms with Gasteiger partial charge in [-0.3, -0.25) is 33.9 Å². The zero-order valence-corrected chi connectivity index (χ0v) is 17.7. The Kier molecular flexibility index (Phi) is 6.07. The molecule has 1 aromatic carbocycles. The lowest BCUT2D eigenvalue weighted by Crippen LogP contribution is -2.52. The number of nitrogens with one attached hydrogen (secondary N) is 1. The van der Waals surface area contributed by atoms with Crippen molar-refractivity contribution in [2.24, 2.45) is 0 Å². The Balaban J connectivity index is 1.34. The zero-order valence-electron chi connectivity index (χ0n) is 16.9. The summed E-state index contributed by atoms with van der Waals surface area (Å²) >= 11 is 1.43. The van der Waals surface area contributed by atoms with E-state index < -0.39 is 11.0 Å². The van der Waals surface area contributed by atoms with Crippen LogP contribution >= 0.6 is 11.3 Å². The van der Waals surface area contributed by atoms with Gasteiger partial charge in [0.1, 0.15) is 5.69 Å². The van der Waals surface area contributed by atoms with E-state index in [9.17, 15) is 19.7 Å². The molecule has 1 aliphatic rings. The van der Waals surface area contributed by atoms with Crippen molar-refractivity contribution in [3.63, 3.8) is 0 Å². The van der Waals surface area contributed by atoms with Crippen LogP contribution in [0.2, 0.25) is 0 Å². The molecule has 0 aliphatic carbocycles. The molecule has 0 spiro atoms. The summed E-state index contributed by atoms with van der Waals surface area (Å²) in [5.41, 5.74) is 0.728. The van der Waals surface area contributed by atoms with Crippen LogP contribution in [0.4, 0.5) is 11.4 Å². The SMILES string of the molecule is CC(C(=O)Nc1ccccc1[N+](=O)[O-])N1CCN(Cc2cc(=O)n3ccsc3n2)CC1. The lowest BCUT2D eigenvalue weighted by atomic mass is 10.2. The van der Waals surface area contributed by atoms with Gasteiger partial charge in [-0.2, -0.15) is 0 Å². The Morgan fingerprint density at radius 1 is 1.29 bits per heavy atom. The molecule has 1 atom stereocenters. The number of nitro groups is 1. The molecular weight excluding hydrogens is 420 g/mol. The van der Waals surface area contributed by atoms with Gasteiger partial charge >= 0.3 is 0 Å². The number of para-hydroxylation sites is 2. The summed E-state index contributed by atoms with van der Waals surface area (Å²) in [5.74, 6) is -0.277. The number of piperazine rings is 1. The molecule has 1 fully saturated rings. The maximum absolute atomic E-state index is 12.7. The quantitative estimate of drug-likeness (QED) is 0.457. The summed E-state index contributed by atoms with van der Waals surface area (Å²) in [6.07, 6.45) is 1.72. The largest absolute Gasteiger partial charge is 0.319 e. The lowest BCUT2D eigenvalue weighted by molar-refractivity contribution is -0.383. The molecule has 2 aromatic heterocycles. The minimum Gasteiger partial charge on any atom is -0.319 e. The topological polar surface area (TPSA) is 113 Å². The van der Waals surface area contributed by atoms with Crippen LogP contribution in [0.3, 0.4) is 0 Å². The van der Waals surface area contributed by atoms with Gasteiger partial charge in [-0.05, 0) is 13.0 Å². The highest BCUT2D eigenvalue weighted by Crippen LogP contribution is 2.23. The Hall–Kier alpha value is -3.15. The molecule has 1 aliphatic heterocycles. The van der Waals surface area contributed by atoms with Crippen molar-refractivity contribution in [3.8, 4) is 0 Å². The summed E-state index contributed by atoms with van der Waals surface area (Å²) in [6, 6.07) is 7.25. The van der Waals surface area contributed by atoms with Crippen LogP contribution in [0.1, 0.15) is 12.6 Å². The van der Waals surface area contributed by atoms with Crippen molar-refractivity contribution in [1.29, 1.82) is 0 Å². The average Bonchev–Trinajstić information content (AvgIpc) is 3.23. The highest BCUT2D eigenvalue weighted by atomic mass is 32.1. The molecule has 0 radical (unpaired) electrons. The molecule has 0 bridgehead atoms. The molecule has 1 unspecified atom stereocenters. The van der Waals surface area contributed by atoms with Crippen LogP contribution in [-0.2, 0) is 11.3 Å². The van der Waals surface area contributed by atoms with Crippen LogP contribution in [0.5, 0.6) is 0 Å². The van der Waals surface area contributed by atoms with Gasteiger partial charge in [-0.1, -0.05) is 12.1 Å². The molecule has 1 amide bonds. The number of carbonyl (C=O) groups is 1. The Morgan fingerprint density at radius 2 is 2.03 bits per heavy atom. The van der Waals surface area contributed by atoms with Crippen LogP contribution < -0.4 is 10.9 Å². The molecule has 162 valence electrons. The maximum Gasteiger partial charge on any atom is 0.292 e. The normalized spacial score (nSPS) is 16.3. The fraction of sp³-hybridized carbons (Fsp3) is 0.350. The minimum absolute atomic E-state index is 0.0832. The smallest absolute Gasteiger partial charge is 0.292 e. The zero-order chi connectivity index (χ0) is 22.0. The summed E-state index contributed by atoms with van der Waals surface area (Å²) in [7, 11) is 0. The number of hydrogen-bond donors (Lipinski definition) is 1. The molecule has 1 N–H and O–H groups in total. The average molecular weight is 443 g/mol. The number of nitrogens with zero attached hydrogens (tertiary/aromatic N) is 5. The van der Waals surface area contributed by atoms with Gasteiger partial charge in [0, 0.05) is 56.4 Å². The van der Waals surface area contributed by atoms with Crippen molar-refractivity contribution >= 4 is 33.6 Å². The predicted octanol–water partition coefficient (Wildman–Crippen LogP) is 1.81. The molecular formula is C20H22N6O4S. The monoisotopic (exact) mass is 442 g/mol. The highest BCUT2D eigenvalue weighted by Gasteiger charge is 2.27. The number of benzene rings is 1. The van der Waals surface area contributed by atoms with E-state index in [1.165, 1.54) is 27.9 Å². The first-order valence-corrected chi connectivity index (χ1v) is 10.8. The van der Waals surface area contributed by atoms with Gasteiger partial charge in [0.25, 0.3) is 11.2 Å². The number of carbonyl (C=O) groups excluding carboxylic acids is 1. The third-order valence-electron chi connectivity index (χ3n) is 5.43. The summed E-state index contributed by atoms with van der Waals surface area (Å²) < 4.78 is 1.53. The number of amides is 1. The molecule has 3 aromatic rings. The fourth-order valence-corrected chi connectivity index (χ4v) is 4.39. The van der Waals surface area contributed by atoms with E-state index in [2.05, 4.69) is 15.2 Å². The fourth-order valence-electron chi connectivity index (χ4n) is 3.65. The first-order chi connectivity index (χ1) is 14.9. The first-order valence-electron chi connectivity index (χ1n) is 9.89. The van der Waals surface area contributed by atoms with Gasteiger partial charge < -0.3 is 5.32 Å². The number of anilines is 1. The molecule has 11 heteroatoms. The second-order valence-electron chi connectivity index (χ2n) is 7.39. The van der Waals surface area contributed by atoms with E-state index >= 15 is 0 Å². The van der Waals surface area contributed by atoms with E-state index in [0.29, 0.717) is 24.6 Å². The van der Waals surface area contributed by atoms with Crippen molar-refractivity contribution in [2.75, 3.05) is 31.5 Å². The Morgan fingerprint density at radius 3 is 2.77 bits per heavy atom. The van der Waals surface area contributed by atoms with Crippen LogP contribution in [-0.4, -0.2) is 62.2 Å². The summed E-state index contributed by atoms with van der Waals surface area (Å²) in [5, 5.41) is 15.7. The molecule has 31 heavy (non-hydrogen) atoms. The molecule has 3 heterocycles. The minimum atomic E-state index is -0.507. The highest BCUT2D eigenvalue weighted by molar-refractivity contribution is 7.15.